The number of hydrogen-bond donors (Lipinski definition) is 1. The molecule has 92 valence electrons. The van der Waals surface area contributed by atoms with Crippen LogP contribution in [-0.4, -0.2) is 5.11 Å². The first-order chi connectivity index (χ1) is 7.14. The van der Waals surface area contributed by atoms with E-state index in [-0.39, 0.29) is 11.2 Å². The maximum Gasteiger partial charge on any atom is 0.108 e. The zero-order valence-corrected chi connectivity index (χ0v) is 11.4. The minimum absolute atomic E-state index is 0.0818. The highest BCUT2D eigenvalue weighted by atomic mass is 16.3. The van der Waals surface area contributed by atoms with Crippen molar-refractivity contribution in [1.29, 1.82) is 0 Å². The zero-order chi connectivity index (χ0) is 12.9. The van der Waals surface area contributed by atoms with Gasteiger partial charge in [-0.15, -0.1) is 0 Å². The van der Waals surface area contributed by atoms with E-state index in [4.69, 9.17) is 5.11 Å². The van der Waals surface area contributed by atoms with Crippen LogP contribution in [0.3, 0.4) is 0 Å². The molecule has 0 aromatic rings. The Bertz CT molecular complexity index is 276. The van der Waals surface area contributed by atoms with E-state index in [2.05, 4.69) is 47.8 Å². The van der Waals surface area contributed by atoms with Crippen molar-refractivity contribution in [2.45, 2.75) is 41.0 Å². The van der Waals surface area contributed by atoms with Gasteiger partial charge >= 0.3 is 0 Å². The largest absolute Gasteiger partial charge is 0.509 e. The van der Waals surface area contributed by atoms with E-state index < -0.39 is 0 Å². The molecule has 1 heteroatoms. The van der Waals surface area contributed by atoms with Crippen molar-refractivity contribution in [2.75, 3.05) is 0 Å². The molecule has 0 saturated carbocycles. The Kier molecular flexibility index (Phi) is 5.57. The van der Waals surface area contributed by atoms with Gasteiger partial charge in [-0.3, -0.25) is 0 Å². The molecule has 0 amide bonds. The van der Waals surface area contributed by atoms with Gasteiger partial charge in [0.15, 0.2) is 0 Å². The molecule has 0 aromatic heterocycles. The summed E-state index contributed by atoms with van der Waals surface area (Å²) in [7, 11) is 0. The summed E-state index contributed by atoms with van der Waals surface area (Å²) >= 11 is 0. The minimum Gasteiger partial charge on any atom is -0.509 e. The van der Waals surface area contributed by atoms with Gasteiger partial charge in [0.25, 0.3) is 0 Å². The van der Waals surface area contributed by atoms with E-state index in [1.165, 1.54) is 0 Å². The number of aliphatic hydroxyl groups excluding tert-OH is 1. The molecule has 0 rings (SSSR count). The molecule has 0 aromatic carbocycles. The average molecular weight is 222 g/mol. The smallest absolute Gasteiger partial charge is 0.108 e. The van der Waals surface area contributed by atoms with Gasteiger partial charge < -0.3 is 5.11 Å². The third-order valence-electron chi connectivity index (χ3n) is 2.69. The highest BCUT2D eigenvalue weighted by Gasteiger charge is 2.26. The van der Waals surface area contributed by atoms with Crippen molar-refractivity contribution >= 4 is 0 Å². The summed E-state index contributed by atoms with van der Waals surface area (Å²) in [5, 5.41) is 9.05. The minimum atomic E-state index is 0.0818. The predicted octanol–water partition coefficient (Wildman–Crippen LogP) is 4.88. The first-order valence-electron chi connectivity index (χ1n) is 5.89. The Morgan fingerprint density at radius 3 is 2.00 bits per heavy atom. The van der Waals surface area contributed by atoms with Crippen LogP contribution in [0.25, 0.3) is 0 Å². The van der Waals surface area contributed by atoms with Gasteiger partial charge in [-0.25, -0.2) is 0 Å². The van der Waals surface area contributed by atoms with Crippen LogP contribution in [0.2, 0.25) is 0 Å². The van der Waals surface area contributed by atoms with Gasteiger partial charge in [0, 0.05) is 0 Å². The Morgan fingerprint density at radius 2 is 1.69 bits per heavy atom. The first kappa shape index (κ1) is 15.0. The van der Waals surface area contributed by atoms with Crippen molar-refractivity contribution in [2.24, 2.45) is 17.3 Å². The Hall–Kier alpha value is -0.980. The molecule has 1 atom stereocenters. The average Bonchev–Trinajstić information content (AvgIpc) is 2.08. The molecule has 0 heterocycles. The van der Waals surface area contributed by atoms with Crippen LogP contribution in [0.4, 0.5) is 0 Å². The second-order valence-electron chi connectivity index (χ2n) is 5.95. The topological polar surface area (TPSA) is 20.2 Å². The zero-order valence-electron chi connectivity index (χ0n) is 11.4. The second-order valence-corrected chi connectivity index (χ2v) is 5.95. The fraction of sp³-hybridized carbons (Fsp3) is 0.600. The molecule has 0 saturated heterocycles. The maximum absolute atomic E-state index is 9.05. The third-order valence-corrected chi connectivity index (χ3v) is 2.69. The lowest BCUT2D eigenvalue weighted by Gasteiger charge is -2.33. The number of aliphatic hydroxyl groups is 1. The van der Waals surface area contributed by atoms with E-state index in [1.54, 1.807) is 6.08 Å². The van der Waals surface area contributed by atoms with Gasteiger partial charge in [-0.05, 0) is 29.7 Å². The molecule has 1 unspecified atom stereocenters. The number of allylic oxidation sites excluding steroid dienone is 3. The van der Waals surface area contributed by atoms with Gasteiger partial charge in [-0.1, -0.05) is 59.4 Å². The molecule has 0 aliphatic heterocycles. The van der Waals surface area contributed by atoms with Crippen molar-refractivity contribution in [3.05, 3.63) is 36.6 Å². The van der Waals surface area contributed by atoms with Crippen LogP contribution in [-0.2, 0) is 0 Å². The van der Waals surface area contributed by atoms with Crippen molar-refractivity contribution in [3.8, 4) is 0 Å². The Morgan fingerprint density at radius 1 is 1.19 bits per heavy atom. The molecule has 1 N–H and O–H groups in total. The van der Waals surface area contributed by atoms with Gasteiger partial charge in [0.1, 0.15) is 5.76 Å². The lowest BCUT2D eigenvalue weighted by molar-refractivity contribution is 0.245. The van der Waals surface area contributed by atoms with Gasteiger partial charge in [0.05, 0.1) is 0 Å². The summed E-state index contributed by atoms with van der Waals surface area (Å²) in [4.78, 5) is 0. The standard InChI is InChI=1S/C15H26O/c1-11(2)10-14(15(5,6)7)12(3)8-9-13(4)16/h8-9,11,14,16H,3-4,10H2,1-2,5-7H3/b9-8-. The SMILES string of the molecule is C=C(O)/C=C\C(=C)C(CC(C)C)C(C)(C)C. The molecule has 0 spiro atoms. The second kappa shape index (κ2) is 5.93. The fourth-order valence-corrected chi connectivity index (χ4v) is 1.85. The van der Waals surface area contributed by atoms with Crippen LogP contribution >= 0.6 is 0 Å². The normalized spacial score (nSPS) is 14.4. The van der Waals surface area contributed by atoms with Crippen molar-refractivity contribution in [3.63, 3.8) is 0 Å². The van der Waals surface area contributed by atoms with E-state index in [0.717, 1.165) is 12.0 Å². The van der Waals surface area contributed by atoms with E-state index in [1.807, 2.05) is 6.08 Å². The molecule has 0 fully saturated rings. The van der Waals surface area contributed by atoms with Crippen molar-refractivity contribution in [1.82, 2.24) is 0 Å². The summed E-state index contributed by atoms with van der Waals surface area (Å²) in [6.45, 7) is 18.7. The van der Waals surface area contributed by atoms with Crippen LogP contribution in [0.5, 0.6) is 0 Å². The summed E-state index contributed by atoms with van der Waals surface area (Å²) in [5.74, 6) is 1.16. The van der Waals surface area contributed by atoms with E-state index in [0.29, 0.717) is 11.8 Å². The Labute approximate surface area is 101 Å². The van der Waals surface area contributed by atoms with Gasteiger partial charge in [-0.2, -0.15) is 0 Å². The molecular weight excluding hydrogens is 196 g/mol. The van der Waals surface area contributed by atoms with Crippen LogP contribution in [0.15, 0.2) is 36.6 Å². The first-order valence-corrected chi connectivity index (χ1v) is 5.89. The van der Waals surface area contributed by atoms with Crippen LogP contribution in [0, 0.1) is 17.3 Å². The number of rotatable bonds is 5. The molecule has 0 aliphatic rings. The molecule has 0 radical (unpaired) electrons. The highest BCUT2D eigenvalue weighted by Crippen LogP contribution is 2.36. The maximum atomic E-state index is 9.05. The molecule has 0 aliphatic carbocycles. The lowest BCUT2D eigenvalue weighted by Crippen LogP contribution is -2.23. The summed E-state index contributed by atoms with van der Waals surface area (Å²) in [6, 6.07) is 0. The summed E-state index contributed by atoms with van der Waals surface area (Å²) < 4.78 is 0. The van der Waals surface area contributed by atoms with Crippen molar-refractivity contribution < 1.29 is 5.11 Å². The lowest BCUT2D eigenvalue weighted by atomic mass is 9.72. The highest BCUT2D eigenvalue weighted by molar-refractivity contribution is 5.24. The molecule has 16 heavy (non-hydrogen) atoms. The summed E-state index contributed by atoms with van der Waals surface area (Å²) in [6.07, 6.45) is 4.60. The van der Waals surface area contributed by atoms with Crippen LogP contribution in [0.1, 0.15) is 41.0 Å². The van der Waals surface area contributed by atoms with Gasteiger partial charge in [0.2, 0.25) is 0 Å². The Balaban J connectivity index is 4.77. The fourth-order valence-electron chi connectivity index (χ4n) is 1.85. The quantitative estimate of drug-likeness (QED) is 0.519. The van der Waals surface area contributed by atoms with Crippen LogP contribution < -0.4 is 0 Å². The van der Waals surface area contributed by atoms with E-state index in [9.17, 15) is 0 Å². The molecule has 1 nitrogen and oxygen atoms in total. The molecular formula is C15H26O. The third kappa shape index (κ3) is 5.79. The number of hydrogen-bond acceptors (Lipinski definition) is 1. The predicted molar refractivity (Wildman–Crippen MR) is 72.4 cm³/mol. The molecule has 0 bridgehead atoms. The monoisotopic (exact) mass is 222 g/mol. The summed E-state index contributed by atoms with van der Waals surface area (Å²) in [5.41, 5.74) is 1.26. The van der Waals surface area contributed by atoms with E-state index >= 15 is 0 Å².